The van der Waals surface area contributed by atoms with Crippen molar-refractivity contribution in [3.05, 3.63) is 42.5 Å². The summed E-state index contributed by atoms with van der Waals surface area (Å²) >= 11 is 0. The van der Waals surface area contributed by atoms with Gasteiger partial charge in [-0.1, -0.05) is 6.07 Å². The molecule has 0 unspecified atom stereocenters. The number of benzene rings is 2. The molecule has 5 heteroatoms. The summed E-state index contributed by atoms with van der Waals surface area (Å²) in [5.41, 5.74) is 8.06. The number of amidine groups is 1. The Morgan fingerprint density at radius 1 is 1.25 bits per heavy atom. The normalized spacial score (nSPS) is 12.9. The Hall–Kier alpha value is -2.69. The topological polar surface area (TPSA) is 68.9 Å². The van der Waals surface area contributed by atoms with Gasteiger partial charge in [0.15, 0.2) is 0 Å². The van der Waals surface area contributed by atoms with Crippen LogP contribution >= 0.6 is 0 Å². The van der Waals surface area contributed by atoms with Crippen LogP contribution in [0.3, 0.4) is 0 Å². The van der Waals surface area contributed by atoms with E-state index < -0.39 is 0 Å². The van der Waals surface area contributed by atoms with Crippen molar-refractivity contribution in [2.24, 2.45) is 4.99 Å². The Bertz CT molecular complexity index is 668. The first kappa shape index (κ1) is 12.3. The molecular formula is C15H15N3O2. The SMILES string of the molecule is COc1cccc(NC2=Nc3cc(N)ccc3OC2)c1. The van der Waals surface area contributed by atoms with Crippen LogP contribution in [0, 0.1) is 0 Å². The second kappa shape index (κ2) is 5.13. The molecular weight excluding hydrogens is 254 g/mol. The molecule has 3 N–H and O–H groups in total. The van der Waals surface area contributed by atoms with Gasteiger partial charge in [-0.15, -0.1) is 0 Å². The fraction of sp³-hybridized carbons (Fsp3) is 0.133. The average molecular weight is 269 g/mol. The highest BCUT2D eigenvalue weighted by molar-refractivity contribution is 5.99. The Labute approximate surface area is 117 Å². The van der Waals surface area contributed by atoms with Crippen LogP contribution < -0.4 is 20.5 Å². The number of rotatable bonds is 2. The molecule has 0 spiro atoms. The van der Waals surface area contributed by atoms with E-state index in [1.54, 1.807) is 19.2 Å². The largest absolute Gasteiger partial charge is 0.497 e. The summed E-state index contributed by atoms with van der Waals surface area (Å²) in [6.07, 6.45) is 0. The highest BCUT2D eigenvalue weighted by atomic mass is 16.5. The predicted octanol–water partition coefficient (Wildman–Crippen LogP) is 2.81. The molecule has 0 saturated carbocycles. The number of nitrogen functional groups attached to an aromatic ring is 1. The zero-order valence-corrected chi connectivity index (χ0v) is 11.1. The van der Waals surface area contributed by atoms with E-state index in [9.17, 15) is 0 Å². The molecule has 5 nitrogen and oxygen atoms in total. The van der Waals surface area contributed by atoms with Gasteiger partial charge in [-0.05, 0) is 30.3 Å². The molecule has 0 aliphatic carbocycles. The smallest absolute Gasteiger partial charge is 0.146 e. The number of aliphatic imine (C=N–C) groups is 1. The number of nitrogens with two attached hydrogens (primary N) is 1. The zero-order chi connectivity index (χ0) is 13.9. The standard InChI is InChI=1S/C15H15N3O2/c1-19-12-4-2-3-11(8-12)17-15-9-20-14-6-5-10(16)7-13(14)18-15/h2-8H,9,16H2,1H3,(H,17,18). The van der Waals surface area contributed by atoms with Gasteiger partial charge in [-0.3, -0.25) is 0 Å². The van der Waals surface area contributed by atoms with Crippen molar-refractivity contribution in [3.63, 3.8) is 0 Å². The van der Waals surface area contributed by atoms with Gasteiger partial charge in [0, 0.05) is 17.4 Å². The summed E-state index contributed by atoms with van der Waals surface area (Å²) in [5.74, 6) is 2.27. The van der Waals surface area contributed by atoms with Gasteiger partial charge in [0.25, 0.3) is 0 Å². The van der Waals surface area contributed by atoms with Crippen LogP contribution in [-0.2, 0) is 0 Å². The lowest BCUT2D eigenvalue weighted by Gasteiger charge is -2.18. The predicted molar refractivity (Wildman–Crippen MR) is 80.1 cm³/mol. The quantitative estimate of drug-likeness (QED) is 0.822. The maximum atomic E-state index is 5.76. The second-order valence-electron chi connectivity index (χ2n) is 4.43. The van der Waals surface area contributed by atoms with Crippen molar-refractivity contribution in [2.45, 2.75) is 0 Å². The van der Waals surface area contributed by atoms with Crippen molar-refractivity contribution in [2.75, 3.05) is 24.8 Å². The van der Waals surface area contributed by atoms with Crippen LogP contribution in [0.15, 0.2) is 47.5 Å². The third kappa shape index (κ3) is 2.51. The molecule has 1 aliphatic heterocycles. The van der Waals surface area contributed by atoms with E-state index in [-0.39, 0.29) is 0 Å². The molecule has 0 radical (unpaired) electrons. The summed E-state index contributed by atoms with van der Waals surface area (Å²) in [6.45, 7) is 0.397. The molecule has 3 rings (SSSR count). The van der Waals surface area contributed by atoms with Gasteiger partial charge in [-0.25, -0.2) is 4.99 Å². The van der Waals surface area contributed by atoms with Gasteiger partial charge in [-0.2, -0.15) is 0 Å². The number of fused-ring (bicyclic) bond motifs is 1. The van der Waals surface area contributed by atoms with Crippen molar-refractivity contribution in [1.82, 2.24) is 0 Å². The van der Waals surface area contributed by atoms with Gasteiger partial charge in [0.2, 0.25) is 0 Å². The van der Waals surface area contributed by atoms with Crippen LogP contribution in [0.4, 0.5) is 17.1 Å². The third-order valence-corrected chi connectivity index (χ3v) is 2.96. The minimum absolute atomic E-state index is 0.397. The van der Waals surface area contributed by atoms with Crippen LogP contribution in [0.2, 0.25) is 0 Å². The number of nitrogens with zero attached hydrogens (tertiary/aromatic N) is 1. The molecule has 1 heterocycles. The lowest BCUT2D eigenvalue weighted by molar-refractivity contribution is 0.372. The fourth-order valence-corrected chi connectivity index (χ4v) is 2.00. The van der Waals surface area contributed by atoms with E-state index >= 15 is 0 Å². The third-order valence-electron chi connectivity index (χ3n) is 2.96. The number of hydrogen-bond donors (Lipinski definition) is 2. The molecule has 0 atom stereocenters. The Morgan fingerprint density at radius 2 is 2.15 bits per heavy atom. The van der Waals surface area contributed by atoms with E-state index in [1.165, 1.54) is 0 Å². The molecule has 102 valence electrons. The van der Waals surface area contributed by atoms with E-state index in [1.807, 2.05) is 30.3 Å². The molecule has 20 heavy (non-hydrogen) atoms. The minimum Gasteiger partial charge on any atom is -0.497 e. The molecule has 0 aromatic heterocycles. The van der Waals surface area contributed by atoms with E-state index in [0.717, 1.165) is 28.7 Å². The summed E-state index contributed by atoms with van der Waals surface area (Å²) < 4.78 is 10.8. The van der Waals surface area contributed by atoms with Crippen LogP contribution in [0.1, 0.15) is 0 Å². The lowest BCUT2D eigenvalue weighted by atomic mass is 10.2. The zero-order valence-electron chi connectivity index (χ0n) is 11.1. The first-order valence-corrected chi connectivity index (χ1v) is 6.25. The Morgan fingerprint density at radius 3 is 3.00 bits per heavy atom. The van der Waals surface area contributed by atoms with Crippen molar-refractivity contribution in [3.8, 4) is 11.5 Å². The molecule has 0 fully saturated rings. The van der Waals surface area contributed by atoms with Gasteiger partial charge in [0.05, 0.1) is 7.11 Å². The molecule has 0 amide bonds. The van der Waals surface area contributed by atoms with Gasteiger partial charge < -0.3 is 20.5 Å². The Balaban J connectivity index is 1.84. The fourth-order valence-electron chi connectivity index (χ4n) is 2.00. The van der Waals surface area contributed by atoms with E-state index in [4.69, 9.17) is 15.2 Å². The number of anilines is 2. The van der Waals surface area contributed by atoms with E-state index in [0.29, 0.717) is 12.3 Å². The highest BCUT2D eigenvalue weighted by Crippen LogP contribution is 2.32. The first-order valence-electron chi connectivity index (χ1n) is 6.25. The van der Waals surface area contributed by atoms with Crippen LogP contribution in [-0.4, -0.2) is 19.6 Å². The Kier molecular flexibility index (Phi) is 3.16. The maximum absolute atomic E-state index is 5.76. The molecule has 0 bridgehead atoms. The second-order valence-corrected chi connectivity index (χ2v) is 4.43. The van der Waals surface area contributed by atoms with Crippen molar-refractivity contribution >= 4 is 22.9 Å². The first-order chi connectivity index (χ1) is 9.74. The summed E-state index contributed by atoms with van der Waals surface area (Å²) in [5, 5.41) is 3.22. The molecule has 0 saturated heterocycles. The lowest BCUT2D eigenvalue weighted by Crippen LogP contribution is -2.23. The number of nitrogens with one attached hydrogen (secondary N) is 1. The number of ether oxygens (including phenoxy) is 2. The monoisotopic (exact) mass is 269 g/mol. The highest BCUT2D eigenvalue weighted by Gasteiger charge is 2.13. The number of methoxy groups -OCH3 is 1. The molecule has 1 aliphatic rings. The van der Waals surface area contributed by atoms with Gasteiger partial charge >= 0.3 is 0 Å². The molecule has 2 aromatic rings. The van der Waals surface area contributed by atoms with Crippen molar-refractivity contribution in [1.29, 1.82) is 0 Å². The summed E-state index contributed by atoms with van der Waals surface area (Å²) in [7, 11) is 1.64. The van der Waals surface area contributed by atoms with Crippen LogP contribution in [0.5, 0.6) is 11.5 Å². The minimum atomic E-state index is 0.397. The summed E-state index contributed by atoms with van der Waals surface area (Å²) in [4.78, 5) is 4.52. The van der Waals surface area contributed by atoms with Gasteiger partial charge in [0.1, 0.15) is 29.6 Å². The van der Waals surface area contributed by atoms with Crippen molar-refractivity contribution < 1.29 is 9.47 Å². The average Bonchev–Trinajstić information content (AvgIpc) is 2.47. The maximum Gasteiger partial charge on any atom is 0.146 e. The number of hydrogen-bond acceptors (Lipinski definition) is 5. The summed E-state index contributed by atoms with van der Waals surface area (Å²) in [6, 6.07) is 13.1. The van der Waals surface area contributed by atoms with E-state index in [2.05, 4.69) is 10.3 Å². The van der Waals surface area contributed by atoms with Crippen LogP contribution in [0.25, 0.3) is 0 Å². The molecule has 2 aromatic carbocycles.